The normalized spacial score (nSPS) is 20.4. The standard InChI is InChI=1S/C10H11N/c1-7-3-4-10-9(5-7)6-8(2)11-10/h3-6,8H,1-2H3. The van der Waals surface area contributed by atoms with Gasteiger partial charge in [-0.1, -0.05) is 23.8 Å². The zero-order chi connectivity index (χ0) is 7.84. The van der Waals surface area contributed by atoms with Gasteiger partial charge in [-0.05, 0) is 25.1 Å². The van der Waals surface area contributed by atoms with Crippen LogP contribution in [0.15, 0.2) is 23.2 Å². The molecule has 0 aliphatic carbocycles. The van der Waals surface area contributed by atoms with Gasteiger partial charge in [-0.25, -0.2) is 0 Å². The average molecular weight is 145 g/mol. The van der Waals surface area contributed by atoms with Crippen molar-refractivity contribution in [3.8, 4) is 0 Å². The molecule has 0 aromatic heterocycles. The lowest BCUT2D eigenvalue weighted by Gasteiger charge is -1.87. The van der Waals surface area contributed by atoms with Crippen LogP contribution in [-0.4, -0.2) is 6.04 Å². The number of aryl methyl sites for hydroxylation is 1. The Morgan fingerprint density at radius 2 is 2.18 bits per heavy atom. The number of rotatable bonds is 0. The Labute approximate surface area is 66.1 Å². The van der Waals surface area contributed by atoms with Gasteiger partial charge in [0, 0.05) is 0 Å². The molecule has 1 atom stereocenters. The molecule has 1 aliphatic rings. The smallest absolute Gasteiger partial charge is 0.0668 e. The van der Waals surface area contributed by atoms with Crippen molar-refractivity contribution in [1.29, 1.82) is 0 Å². The summed E-state index contributed by atoms with van der Waals surface area (Å²) in [7, 11) is 0. The molecule has 1 heteroatoms. The van der Waals surface area contributed by atoms with Gasteiger partial charge in [0.25, 0.3) is 0 Å². The molecule has 1 aromatic carbocycles. The highest BCUT2D eigenvalue weighted by atomic mass is 14.8. The summed E-state index contributed by atoms with van der Waals surface area (Å²) in [6.07, 6.45) is 2.20. The van der Waals surface area contributed by atoms with Gasteiger partial charge in [-0.3, -0.25) is 4.99 Å². The predicted octanol–water partition coefficient (Wildman–Crippen LogP) is 0.797. The van der Waals surface area contributed by atoms with Gasteiger partial charge < -0.3 is 0 Å². The molecule has 0 radical (unpaired) electrons. The van der Waals surface area contributed by atoms with Gasteiger partial charge in [0.1, 0.15) is 0 Å². The summed E-state index contributed by atoms with van der Waals surface area (Å²) >= 11 is 0. The monoisotopic (exact) mass is 145 g/mol. The Morgan fingerprint density at radius 1 is 1.36 bits per heavy atom. The molecule has 0 bridgehead atoms. The number of hydrogen-bond donors (Lipinski definition) is 0. The van der Waals surface area contributed by atoms with Crippen molar-refractivity contribution in [2.24, 2.45) is 4.99 Å². The zero-order valence-corrected chi connectivity index (χ0v) is 6.83. The van der Waals surface area contributed by atoms with Crippen LogP contribution in [0.1, 0.15) is 12.5 Å². The summed E-state index contributed by atoms with van der Waals surface area (Å²) in [5, 5.41) is 2.43. The summed E-state index contributed by atoms with van der Waals surface area (Å²) in [6.45, 7) is 4.21. The molecule has 1 unspecified atom stereocenters. The van der Waals surface area contributed by atoms with Crippen molar-refractivity contribution in [3.63, 3.8) is 0 Å². The third kappa shape index (κ3) is 1.07. The first-order valence-electron chi connectivity index (χ1n) is 3.92. The van der Waals surface area contributed by atoms with E-state index < -0.39 is 0 Å². The largest absolute Gasteiger partial charge is 0.278 e. The maximum Gasteiger partial charge on any atom is 0.0668 e. The lowest BCUT2D eigenvalue weighted by molar-refractivity contribution is 0.955. The van der Waals surface area contributed by atoms with E-state index in [-0.39, 0.29) is 0 Å². The Morgan fingerprint density at radius 3 is 3.00 bits per heavy atom. The van der Waals surface area contributed by atoms with E-state index in [1.807, 2.05) is 0 Å². The Balaban J connectivity index is 2.78. The zero-order valence-electron chi connectivity index (χ0n) is 6.83. The number of benzene rings is 1. The number of hydrogen-bond acceptors (Lipinski definition) is 1. The van der Waals surface area contributed by atoms with Crippen molar-refractivity contribution in [1.82, 2.24) is 0 Å². The van der Waals surface area contributed by atoms with Gasteiger partial charge in [0.05, 0.1) is 11.4 Å². The highest BCUT2D eigenvalue weighted by molar-refractivity contribution is 5.35. The minimum Gasteiger partial charge on any atom is -0.278 e. The first-order chi connectivity index (χ1) is 5.25. The maximum absolute atomic E-state index is 4.44. The maximum atomic E-state index is 4.44. The van der Waals surface area contributed by atoms with Crippen molar-refractivity contribution in [2.75, 3.05) is 0 Å². The summed E-state index contributed by atoms with van der Waals surface area (Å²) in [6, 6.07) is 6.74. The van der Waals surface area contributed by atoms with Crippen LogP contribution in [0.3, 0.4) is 0 Å². The molecular weight excluding hydrogens is 134 g/mol. The molecule has 0 saturated heterocycles. The summed E-state index contributed by atoms with van der Waals surface area (Å²) in [5.41, 5.74) is 1.31. The van der Waals surface area contributed by atoms with E-state index in [9.17, 15) is 0 Å². The van der Waals surface area contributed by atoms with E-state index in [1.54, 1.807) is 0 Å². The van der Waals surface area contributed by atoms with Gasteiger partial charge >= 0.3 is 0 Å². The molecule has 1 nitrogen and oxygen atoms in total. The predicted molar refractivity (Wildman–Crippen MR) is 45.9 cm³/mol. The highest BCUT2D eigenvalue weighted by Gasteiger charge is 2.00. The summed E-state index contributed by atoms with van der Waals surface area (Å²) in [5.74, 6) is 0. The molecule has 11 heavy (non-hydrogen) atoms. The Hall–Kier alpha value is -1.11. The van der Waals surface area contributed by atoms with Crippen molar-refractivity contribution in [2.45, 2.75) is 19.9 Å². The molecule has 2 rings (SSSR count). The van der Waals surface area contributed by atoms with Crippen LogP contribution in [-0.2, 0) is 0 Å². The molecule has 1 heterocycles. The SMILES string of the molecule is Cc1ccc2c(c1)=CC(C)N=2. The van der Waals surface area contributed by atoms with E-state index in [1.165, 1.54) is 10.8 Å². The first kappa shape index (κ1) is 6.59. The van der Waals surface area contributed by atoms with Crippen molar-refractivity contribution in [3.05, 3.63) is 34.3 Å². The number of fused-ring (bicyclic) bond motifs is 1. The van der Waals surface area contributed by atoms with Crippen LogP contribution in [0.2, 0.25) is 0 Å². The first-order valence-corrected chi connectivity index (χ1v) is 3.92. The third-order valence-corrected chi connectivity index (χ3v) is 1.95. The lowest BCUT2D eigenvalue weighted by atomic mass is 10.2. The number of nitrogens with zero attached hydrogens (tertiary/aromatic N) is 1. The quantitative estimate of drug-likeness (QED) is 0.512. The molecular formula is C10H11N. The molecule has 0 fully saturated rings. The van der Waals surface area contributed by atoms with Gasteiger partial charge in [-0.15, -0.1) is 0 Å². The molecule has 0 saturated carbocycles. The van der Waals surface area contributed by atoms with Crippen molar-refractivity contribution >= 4 is 6.08 Å². The van der Waals surface area contributed by atoms with Gasteiger partial charge in [-0.2, -0.15) is 0 Å². The Kier molecular flexibility index (Phi) is 1.31. The Bertz CT molecular complexity index is 390. The molecule has 0 spiro atoms. The van der Waals surface area contributed by atoms with Crippen LogP contribution >= 0.6 is 0 Å². The van der Waals surface area contributed by atoms with E-state index in [2.05, 4.69) is 43.1 Å². The summed E-state index contributed by atoms with van der Waals surface area (Å²) < 4.78 is 0. The molecule has 1 aliphatic heterocycles. The second-order valence-electron chi connectivity index (χ2n) is 3.10. The second kappa shape index (κ2) is 2.19. The van der Waals surface area contributed by atoms with Crippen LogP contribution in [0, 0.1) is 6.92 Å². The fourth-order valence-corrected chi connectivity index (χ4v) is 1.44. The van der Waals surface area contributed by atoms with Gasteiger partial charge in [0.15, 0.2) is 0 Å². The fraction of sp³-hybridized carbons (Fsp3) is 0.300. The summed E-state index contributed by atoms with van der Waals surface area (Å²) in [4.78, 5) is 4.44. The minimum atomic E-state index is 0.367. The molecule has 56 valence electrons. The van der Waals surface area contributed by atoms with E-state index in [0.717, 1.165) is 5.36 Å². The molecule has 1 aromatic rings. The minimum absolute atomic E-state index is 0.367. The average Bonchev–Trinajstić information content (AvgIpc) is 2.27. The van der Waals surface area contributed by atoms with E-state index in [4.69, 9.17) is 0 Å². The highest BCUT2D eigenvalue weighted by Crippen LogP contribution is 1.95. The lowest BCUT2D eigenvalue weighted by Crippen LogP contribution is -2.20. The molecule has 0 N–H and O–H groups in total. The van der Waals surface area contributed by atoms with Crippen LogP contribution in [0.25, 0.3) is 6.08 Å². The van der Waals surface area contributed by atoms with Crippen LogP contribution in [0.4, 0.5) is 0 Å². The van der Waals surface area contributed by atoms with E-state index >= 15 is 0 Å². The van der Waals surface area contributed by atoms with E-state index in [0.29, 0.717) is 6.04 Å². The topological polar surface area (TPSA) is 12.4 Å². The van der Waals surface area contributed by atoms with Crippen LogP contribution < -0.4 is 10.6 Å². The van der Waals surface area contributed by atoms with Crippen LogP contribution in [0.5, 0.6) is 0 Å². The third-order valence-electron chi connectivity index (χ3n) is 1.95. The second-order valence-corrected chi connectivity index (χ2v) is 3.10. The molecule has 0 amide bonds. The van der Waals surface area contributed by atoms with Crippen molar-refractivity contribution < 1.29 is 0 Å². The van der Waals surface area contributed by atoms with Gasteiger partial charge in [0.2, 0.25) is 0 Å². The fourth-order valence-electron chi connectivity index (χ4n) is 1.44.